The predicted molar refractivity (Wildman–Crippen MR) is 130 cm³/mol. The number of carbonyl (C=O) groups excluding carboxylic acids is 2. The maximum absolute atomic E-state index is 13.3. The van der Waals surface area contributed by atoms with Gasteiger partial charge in [-0.15, -0.1) is 0 Å². The Bertz CT molecular complexity index is 1410. The molecule has 0 unspecified atom stereocenters. The average Bonchev–Trinajstić information content (AvgIpc) is 2.81. The number of hydrogen-bond acceptors (Lipinski definition) is 7. The number of nitrogens with one attached hydrogen (secondary N) is 2. The maximum Gasteiger partial charge on any atom is 0.524 e. The van der Waals surface area contributed by atoms with Crippen molar-refractivity contribution in [2.24, 2.45) is 0 Å². The molecule has 0 aliphatic carbocycles. The summed E-state index contributed by atoms with van der Waals surface area (Å²) in [6, 6.07) is 14.5. The summed E-state index contributed by atoms with van der Waals surface area (Å²) in [5.74, 6) is -2.53. The van der Waals surface area contributed by atoms with Crippen molar-refractivity contribution >= 4 is 33.1 Å². The number of halogens is 1. The molecule has 0 radical (unpaired) electrons. The van der Waals surface area contributed by atoms with E-state index in [0.717, 1.165) is 12.1 Å². The van der Waals surface area contributed by atoms with Gasteiger partial charge in [-0.2, -0.15) is 0 Å². The van der Waals surface area contributed by atoms with E-state index >= 15 is 0 Å². The Morgan fingerprint density at radius 3 is 2.13 bits per heavy atom. The van der Waals surface area contributed by atoms with Crippen molar-refractivity contribution in [1.29, 1.82) is 0 Å². The lowest BCUT2D eigenvalue weighted by atomic mass is 10.2. The van der Waals surface area contributed by atoms with Crippen molar-refractivity contribution in [3.8, 4) is 17.2 Å². The minimum atomic E-state index is -5.09. The molecule has 0 saturated carbocycles. The van der Waals surface area contributed by atoms with Crippen LogP contribution in [0.25, 0.3) is 0 Å². The molecule has 0 aromatic heterocycles. The quantitative estimate of drug-likeness (QED) is 0.185. The van der Waals surface area contributed by atoms with Gasteiger partial charge in [-0.25, -0.2) is 13.5 Å². The molecule has 13 nitrogen and oxygen atoms in total. The van der Waals surface area contributed by atoms with Crippen molar-refractivity contribution in [3.63, 3.8) is 0 Å². The van der Waals surface area contributed by atoms with Crippen LogP contribution in [0.5, 0.6) is 17.2 Å². The zero-order chi connectivity index (χ0) is 27.9. The number of carbonyl (C=O) groups is 2. The number of phosphoric acid groups is 2. The second-order valence-electron chi connectivity index (χ2n) is 7.50. The van der Waals surface area contributed by atoms with E-state index < -0.39 is 51.4 Å². The van der Waals surface area contributed by atoms with E-state index in [4.69, 9.17) is 24.3 Å². The van der Waals surface area contributed by atoms with Crippen LogP contribution in [0.3, 0.4) is 0 Å². The van der Waals surface area contributed by atoms with E-state index in [0.29, 0.717) is 0 Å². The van der Waals surface area contributed by atoms with Crippen LogP contribution < -0.4 is 24.4 Å². The number of rotatable bonds is 11. The third-order valence-corrected chi connectivity index (χ3v) is 5.37. The molecule has 38 heavy (non-hydrogen) atoms. The molecular weight excluding hydrogens is 549 g/mol. The SMILES string of the molecule is O=C(COc1ccc(C(=O)Nc2cccc(F)c2)cc1)NCc1ccc(OP(=O)(O)O)c(OP(=O)(O)O)c1. The van der Waals surface area contributed by atoms with Gasteiger partial charge in [0.1, 0.15) is 11.6 Å². The molecule has 0 fully saturated rings. The second kappa shape index (κ2) is 12.2. The van der Waals surface area contributed by atoms with Crippen LogP contribution in [-0.2, 0) is 20.5 Å². The van der Waals surface area contributed by atoms with Crippen LogP contribution in [0.2, 0.25) is 0 Å². The number of ether oxygens (including phenoxy) is 1. The number of benzene rings is 3. The van der Waals surface area contributed by atoms with Crippen molar-refractivity contribution in [3.05, 3.63) is 83.7 Å². The van der Waals surface area contributed by atoms with Crippen molar-refractivity contribution < 1.29 is 56.5 Å². The standard InChI is InChI=1S/C22H21FN2O11P2/c23-16-2-1-3-17(11-16)25-22(27)15-5-7-18(8-6-15)34-13-21(26)24-12-14-4-9-19(35-37(28,29)30)20(10-14)36-38(31,32)33/h1-11H,12-13H2,(H,24,26)(H,25,27)(H2,28,29,30)(H2,31,32,33). The monoisotopic (exact) mass is 570 g/mol. The number of anilines is 1. The smallest absolute Gasteiger partial charge is 0.484 e. The Kier molecular flexibility index (Phi) is 9.23. The van der Waals surface area contributed by atoms with Gasteiger partial charge >= 0.3 is 15.6 Å². The van der Waals surface area contributed by atoms with Crippen molar-refractivity contribution in [2.75, 3.05) is 11.9 Å². The summed E-state index contributed by atoms with van der Waals surface area (Å²) in [5.41, 5.74) is 0.815. The van der Waals surface area contributed by atoms with Crippen LogP contribution >= 0.6 is 15.6 Å². The molecule has 3 aromatic rings. The van der Waals surface area contributed by atoms with E-state index in [2.05, 4.69) is 19.7 Å². The van der Waals surface area contributed by atoms with Gasteiger partial charge in [-0.05, 0) is 60.2 Å². The van der Waals surface area contributed by atoms with Crippen LogP contribution in [0.15, 0.2) is 66.7 Å². The lowest BCUT2D eigenvalue weighted by Crippen LogP contribution is -2.28. The number of phosphoric ester groups is 2. The third kappa shape index (κ3) is 9.60. The Balaban J connectivity index is 1.53. The summed E-state index contributed by atoms with van der Waals surface area (Å²) in [7, 11) is -10.1. The predicted octanol–water partition coefficient (Wildman–Crippen LogP) is 2.72. The lowest BCUT2D eigenvalue weighted by Gasteiger charge is -2.15. The minimum Gasteiger partial charge on any atom is -0.484 e. The maximum atomic E-state index is 13.3. The molecule has 6 N–H and O–H groups in total. The molecule has 0 aliphatic heterocycles. The third-order valence-electron chi connectivity index (χ3n) is 4.50. The Labute approximate surface area is 214 Å². The second-order valence-corrected chi connectivity index (χ2v) is 9.83. The van der Waals surface area contributed by atoms with Gasteiger partial charge in [0, 0.05) is 17.8 Å². The highest BCUT2D eigenvalue weighted by Gasteiger charge is 2.24. The Morgan fingerprint density at radius 2 is 1.50 bits per heavy atom. The van der Waals surface area contributed by atoms with Gasteiger partial charge in [0.15, 0.2) is 18.1 Å². The first-order valence-corrected chi connectivity index (χ1v) is 13.5. The van der Waals surface area contributed by atoms with E-state index in [1.165, 1.54) is 54.6 Å². The van der Waals surface area contributed by atoms with Crippen LogP contribution in [0.1, 0.15) is 15.9 Å². The molecule has 3 aromatic carbocycles. The molecule has 3 rings (SSSR count). The molecule has 2 amide bonds. The molecule has 202 valence electrons. The van der Waals surface area contributed by atoms with Gasteiger partial charge in [0.05, 0.1) is 0 Å². The summed E-state index contributed by atoms with van der Waals surface area (Å²) in [6.07, 6.45) is 0. The van der Waals surface area contributed by atoms with E-state index in [-0.39, 0.29) is 29.1 Å². The molecule has 16 heteroatoms. The fraction of sp³-hybridized carbons (Fsp3) is 0.0909. The first kappa shape index (κ1) is 28.8. The summed E-state index contributed by atoms with van der Waals surface area (Å²) < 4.78 is 49.6. The zero-order valence-electron chi connectivity index (χ0n) is 19.2. The fourth-order valence-corrected chi connectivity index (χ4v) is 3.74. The fourth-order valence-electron chi connectivity index (χ4n) is 2.94. The molecule has 0 spiro atoms. The van der Waals surface area contributed by atoms with E-state index in [1.807, 2.05) is 0 Å². The first-order valence-electron chi connectivity index (χ1n) is 10.5. The van der Waals surface area contributed by atoms with Crippen LogP contribution in [0.4, 0.5) is 10.1 Å². The highest BCUT2D eigenvalue weighted by atomic mass is 31.2. The van der Waals surface area contributed by atoms with E-state index in [9.17, 15) is 23.1 Å². The van der Waals surface area contributed by atoms with Gasteiger partial charge < -0.3 is 24.4 Å². The summed E-state index contributed by atoms with van der Waals surface area (Å²) >= 11 is 0. The summed E-state index contributed by atoms with van der Waals surface area (Å²) in [6.45, 7) is -0.574. The van der Waals surface area contributed by atoms with Crippen molar-refractivity contribution in [2.45, 2.75) is 6.54 Å². The Hall–Kier alpha value is -3.77. The van der Waals surface area contributed by atoms with Crippen molar-refractivity contribution in [1.82, 2.24) is 5.32 Å². The summed E-state index contributed by atoms with van der Waals surface area (Å²) in [5, 5.41) is 5.03. The van der Waals surface area contributed by atoms with Crippen LogP contribution in [0, 0.1) is 5.82 Å². The molecule has 0 heterocycles. The normalized spacial score (nSPS) is 11.4. The zero-order valence-corrected chi connectivity index (χ0v) is 21.0. The minimum absolute atomic E-state index is 0.158. The van der Waals surface area contributed by atoms with E-state index in [1.54, 1.807) is 0 Å². The molecule has 0 atom stereocenters. The molecule has 0 bridgehead atoms. The average molecular weight is 570 g/mol. The van der Waals surface area contributed by atoms with Gasteiger partial charge in [-0.1, -0.05) is 12.1 Å². The number of hydrogen-bond donors (Lipinski definition) is 6. The van der Waals surface area contributed by atoms with Crippen LogP contribution in [-0.4, -0.2) is 38.0 Å². The Morgan fingerprint density at radius 1 is 0.842 bits per heavy atom. The largest absolute Gasteiger partial charge is 0.524 e. The number of amides is 2. The lowest BCUT2D eigenvalue weighted by molar-refractivity contribution is -0.123. The van der Waals surface area contributed by atoms with Gasteiger partial charge in [0.2, 0.25) is 0 Å². The topological polar surface area (TPSA) is 201 Å². The molecule has 0 aliphatic rings. The highest BCUT2D eigenvalue weighted by molar-refractivity contribution is 7.47. The molecule has 0 saturated heterocycles. The highest BCUT2D eigenvalue weighted by Crippen LogP contribution is 2.47. The molecular formula is C22H21FN2O11P2. The first-order chi connectivity index (χ1) is 17.8. The van der Waals surface area contributed by atoms with Gasteiger partial charge in [0.25, 0.3) is 11.8 Å². The van der Waals surface area contributed by atoms with Gasteiger partial charge in [-0.3, -0.25) is 29.2 Å². The summed E-state index contributed by atoms with van der Waals surface area (Å²) in [4.78, 5) is 60.3.